The summed E-state index contributed by atoms with van der Waals surface area (Å²) in [6, 6.07) is 12.7. The van der Waals surface area contributed by atoms with Crippen LogP contribution in [0.1, 0.15) is 15.9 Å². The highest BCUT2D eigenvalue weighted by molar-refractivity contribution is 7.98. The van der Waals surface area contributed by atoms with Crippen molar-refractivity contribution < 1.29 is 9.53 Å². The van der Waals surface area contributed by atoms with E-state index in [-0.39, 0.29) is 5.97 Å². The van der Waals surface area contributed by atoms with Crippen molar-refractivity contribution in [3.63, 3.8) is 0 Å². The molecule has 0 radical (unpaired) electrons. The van der Waals surface area contributed by atoms with Gasteiger partial charge in [-0.05, 0) is 35.9 Å². The Balaban J connectivity index is 2.11. The highest BCUT2D eigenvalue weighted by Gasteiger charge is 2.07. The van der Waals surface area contributed by atoms with E-state index in [1.165, 1.54) is 7.11 Å². The second-order valence-electron chi connectivity index (χ2n) is 4.17. The fourth-order valence-corrected chi connectivity index (χ4v) is 2.91. The van der Waals surface area contributed by atoms with E-state index in [9.17, 15) is 4.79 Å². The third-order valence-corrected chi connectivity index (χ3v) is 4.27. The van der Waals surface area contributed by atoms with E-state index in [1.807, 2.05) is 24.3 Å². The van der Waals surface area contributed by atoms with Crippen molar-refractivity contribution in [2.45, 2.75) is 10.6 Å². The number of hydrogen-bond donors (Lipinski definition) is 1. The summed E-state index contributed by atoms with van der Waals surface area (Å²) in [5.74, 6) is 0.368. The number of ether oxygens (including phenoxy) is 1. The molecule has 2 aromatic rings. The lowest BCUT2D eigenvalue weighted by Gasteiger charge is -2.06. The Morgan fingerprint density at radius 2 is 2.10 bits per heavy atom. The van der Waals surface area contributed by atoms with Crippen LogP contribution in [0.15, 0.2) is 47.4 Å². The Hall–Kier alpha value is -1.65. The Morgan fingerprint density at radius 3 is 2.85 bits per heavy atom. The van der Waals surface area contributed by atoms with E-state index < -0.39 is 0 Å². The number of thioether (sulfide) groups is 1. The molecule has 0 fully saturated rings. The lowest BCUT2D eigenvalue weighted by atomic mass is 10.1. The summed E-state index contributed by atoms with van der Waals surface area (Å²) in [7, 11) is 1.37. The van der Waals surface area contributed by atoms with Crippen molar-refractivity contribution in [2.24, 2.45) is 0 Å². The van der Waals surface area contributed by atoms with Gasteiger partial charge in [-0.1, -0.05) is 23.7 Å². The van der Waals surface area contributed by atoms with E-state index in [4.69, 9.17) is 22.1 Å². The summed E-state index contributed by atoms with van der Waals surface area (Å²) in [6.45, 7) is 0. The molecule has 0 unspecified atom stereocenters. The lowest BCUT2D eigenvalue weighted by molar-refractivity contribution is 0.0600. The van der Waals surface area contributed by atoms with E-state index in [2.05, 4.69) is 0 Å². The molecule has 3 nitrogen and oxygen atoms in total. The number of carbonyl (C=O) groups excluding carboxylic acids is 1. The van der Waals surface area contributed by atoms with Crippen LogP contribution in [0.4, 0.5) is 5.69 Å². The molecule has 0 atom stereocenters. The second-order valence-corrected chi connectivity index (χ2v) is 5.59. The van der Waals surface area contributed by atoms with Crippen molar-refractivity contribution in [2.75, 3.05) is 12.8 Å². The lowest BCUT2D eigenvalue weighted by Crippen LogP contribution is -2.01. The molecule has 0 aliphatic heterocycles. The monoisotopic (exact) mass is 307 g/mol. The number of carbonyl (C=O) groups is 1. The maximum Gasteiger partial charge on any atom is 0.337 e. The summed E-state index contributed by atoms with van der Waals surface area (Å²) in [5.41, 5.74) is 8.00. The minimum Gasteiger partial charge on any atom is -0.465 e. The number of halogens is 1. The zero-order chi connectivity index (χ0) is 14.5. The van der Waals surface area contributed by atoms with Crippen LogP contribution in [0.25, 0.3) is 0 Å². The van der Waals surface area contributed by atoms with Crippen LogP contribution in [0, 0.1) is 0 Å². The van der Waals surface area contributed by atoms with Gasteiger partial charge in [-0.25, -0.2) is 4.79 Å². The zero-order valence-electron chi connectivity index (χ0n) is 10.9. The predicted octanol–water partition coefficient (Wildman–Crippen LogP) is 4.00. The van der Waals surface area contributed by atoms with Gasteiger partial charge in [-0.15, -0.1) is 11.8 Å². The summed E-state index contributed by atoms with van der Waals surface area (Å²) in [5, 5.41) is 0.674. The summed E-state index contributed by atoms with van der Waals surface area (Å²) < 4.78 is 4.71. The Kier molecular flexibility index (Phi) is 4.93. The molecule has 104 valence electrons. The predicted molar refractivity (Wildman–Crippen MR) is 83.2 cm³/mol. The van der Waals surface area contributed by atoms with Crippen molar-refractivity contribution >= 4 is 35.0 Å². The molecule has 0 amide bonds. The minimum atomic E-state index is -0.334. The Labute approximate surface area is 127 Å². The topological polar surface area (TPSA) is 52.3 Å². The number of methoxy groups -OCH3 is 1. The first kappa shape index (κ1) is 14.8. The van der Waals surface area contributed by atoms with Crippen molar-refractivity contribution in [3.8, 4) is 0 Å². The van der Waals surface area contributed by atoms with Gasteiger partial charge in [0.15, 0.2) is 0 Å². The fourth-order valence-electron chi connectivity index (χ4n) is 1.70. The standard InChI is InChI=1S/C15H14ClNO2S/c1-19-15(18)11-4-2-3-10(7-11)9-20-14-8-12(17)5-6-13(14)16/h2-8H,9,17H2,1H3. The molecule has 5 heteroatoms. The highest BCUT2D eigenvalue weighted by atomic mass is 35.5. The molecule has 0 bridgehead atoms. The van der Waals surface area contributed by atoms with Gasteiger partial charge in [0.05, 0.1) is 17.7 Å². The quantitative estimate of drug-likeness (QED) is 0.527. The zero-order valence-corrected chi connectivity index (χ0v) is 12.5. The molecular formula is C15H14ClNO2S. The average Bonchev–Trinajstić information content (AvgIpc) is 2.47. The molecule has 0 aliphatic rings. The maximum atomic E-state index is 11.5. The number of rotatable bonds is 4. The molecule has 0 spiro atoms. The number of hydrogen-bond acceptors (Lipinski definition) is 4. The van der Waals surface area contributed by atoms with Gasteiger partial charge in [0.2, 0.25) is 0 Å². The molecule has 0 aliphatic carbocycles. The largest absolute Gasteiger partial charge is 0.465 e. The first-order valence-electron chi connectivity index (χ1n) is 5.95. The van der Waals surface area contributed by atoms with Gasteiger partial charge in [0, 0.05) is 16.3 Å². The van der Waals surface area contributed by atoms with E-state index in [1.54, 1.807) is 30.0 Å². The average molecular weight is 308 g/mol. The molecule has 0 aromatic heterocycles. The highest BCUT2D eigenvalue weighted by Crippen LogP contribution is 2.31. The number of esters is 1. The Bertz CT molecular complexity index is 631. The number of anilines is 1. The SMILES string of the molecule is COC(=O)c1cccc(CSc2cc(N)ccc2Cl)c1. The van der Waals surface area contributed by atoms with Crippen LogP contribution in [0.2, 0.25) is 5.02 Å². The van der Waals surface area contributed by atoms with Crippen LogP contribution in [0.5, 0.6) is 0 Å². The van der Waals surface area contributed by atoms with Crippen molar-refractivity contribution in [3.05, 3.63) is 58.6 Å². The third-order valence-electron chi connectivity index (χ3n) is 2.70. The minimum absolute atomic E-state index is 0.334. The van der Waals surface area contributed by atoms with Crippen molar-refractivity contribution in [1.82, 2.24) is 0 Å². The molecule has 0 heterocycles. The van der Waals surface area contributed by atoms with Gasteiger partial charge in [0.25, 0.3) is 0 Å². The third kappa shape index (κ3) is 3.68. The molecular weight excluding hydrogens is 294 g/mol. The number of benzene rings is 2. The summed E-state index contributed by atoms with van der Waals surface area (Å²) in [6.07, 6.45) is 0. The van der Waals surface area contributed by atoms with Gasteiger partial charge < -0.3 is 10.5 Å². The molecule has 0 saturated heterocycles. The van der Waals surface area contributed by atoms with E-state index in [0.717, 1.165) is 10.5 Å². The summed E-state index contributed by atoms with van der Waals surface area (Å²) >= 11 is 7.69. The van der Waals surface area contributed by atoms with Crippen LogP contribution in [0.3, 0.4) is 0 Å². The van der Waals surface area contributed by atoms with Gasteiger partial charge in [-0.2, -0.15) is 0 Å². The molecule has 2 aromatic carbocycles. The van der Waals surface area contributed by atoms with Gasteiger partial charge in [-0.3, -0.25) is 0 Å². The molecule has 20 heavy (non-hydrogen) atoms. The smallest absolute Gasteiger partial charge is 0.337 e. The van der Waals surface area contributed by atoms with E-state index in [0.29, 0.717) is 22.0 Å². The van der Waals surface area contributed by atoms with Crippen LogP contribution in [-0.2, 0) is 10.5 Å². The molecule has 0 saturated carbocycles. The number of nitrogens with two attached hydrogens (primary N) is 1. The van der Waals surface area contributed by atoms with Gasteiger partial charge >= 0.3 is 5.97 Å². The second kappa shape index (κ2) is 6.68. The summed E-state index contributed by atoms with van der Waals surface area (Å²) in [4.78, 5) is 12.4. The fraction of sp³-hybridized carbons (Fsp3) is 0.133. The van der Waals surface area contributed by atoms with E-state index >= 15 is 0 Å². The molecule has 2 rings (SSSR count). The molecule has 2 N–H and O–H groups in total. The number of nitrogen functional groups attached to an aromatic ring is 1. The van der Waals surface area contributed by atoms with Crippen LogP contribution >= 0.6 is 23.4 Å². The van der Waals surface area contributed by atoms with Crippen LogP contribution < -0.4 is 5.73 Å². The van der Waals surface area contributed by atoms with Crippen LogP contribution in [-0.4, -0.2) is 13.1 Å². The normalized spacial score (nSPS) is 10.3. The first-order chi connectivity index (χ1) is 9.60. The maximum absolute atomic E-state index is 11.5. The first-order valence-corrected chi connectivity index (χ1v) is 7.31. The Morgan fingerprint density at radius 1 is 1.30 bits per heavy atom. The van der Waals surface area contributed by atoms with Crippen molar-refractivity contribution in [1.29, 1.82) is 0 Å². The van der Waals surface area contributed by atoms with Gasteiger partial charge in [0.1, 0.15) is 0 Å².